The first-order valence-electron chi connectivity index (χ1n) is 9.40. The second-order valence-electron chi connectivity index (χ2n) is 6.70. The van der Waals surface area contributed by atoms with Gasteiger partial charge in [0.1, 0.15) is 11.8 Å². The number of carbonyl (C=O) groups excluding carboxylic acids is 3. The molecule has 0 saturated carbocycles. The summed E-state index contributed by atoms with van der Waals surface area (Å²) < 4.78 is 10.7. The van der Waals surface area contributed by atoms with Crippen molar-refractivity contribution >= 4 is 34.8 Å². The fourth-order valence-corrected chi connectivity index (χ4v) is 3.09. The normalized spacial score (nSPS) is 12.7. The summed E-state index contributed by atoms with van der Waals surface area (Å²) in [4.78, 5) is 37.7. The molecule has 29 heavy (non-hydrogen) atoms. The van der Waals surface area contributed by atoms with E-state index in [4.69, 9.17) is 9.47 Å². The third-order valence-electron chi connectivity index (χ3n) is 4.05. The minimum Gasteiger partial charge on any atom is -0.494 e. The van der Waals surface area contributed by atoms with Gasteiger partial charge in [-0.3, -0.25) is 9.59 Å². The van der Waals surface area contributed by atoms with Crippen LogP contribution in [-0.4, -0.2) is 36.5 Å². The molecule has 0 fully saturated rings. The number of thiophene rings is 1. The fraction of sp³-hybridized carbons (Fsp3) is 0.381. The van der Waals surface area contributed by atoms with E-state index < -0.39 is 24.0 Å². The molecule has 1 aromatic heterocycles. The molecule has 0 aliphatic carbocycles. The highest BCUT2D eigenvalue weighted by molar-refractivity contribution is 7.12. The molecule has 0 aliphatic heterocycles. The molecule has 0 aliphatic rings. The van der Waals surface area contributed by atoms with Gasteiger partial charge in [0.05, 0.1) is 11.5 Å². The maximum absolute atomic E-state index is 12.5. The fourth-order valence-electron chi connectivity index (χ4n) is 2.46. The quantitative estimate of drug-likeness (QED) is 0.608. The van der Waals surface area contributed by atoms with Crippen LogP contribution >= 0.6 is 11.3 Å². The standard InChI is InChI=1S/C21H26N2O5S/c1-5-27-16-10-8-15(9-11-16)22-19(24)14(4)28-21(26)18(13(2)3)23-20(25)17-7-6-12-29-17/h6-14,18H,5H2,1-4H3,(H,22,24)(H,23,25)/t14-,18+/m1/s1. The Bertz CT molecular complexity index is 818. The Balaban J connectivity index is 1.93. The van der Waals surface area contributed by atoms with E-state index in [0.29, 0.717) is 22.9 Å². The van der Waals surface area contributed by atoms with Gasteiger partial charge in [0.2, 0.25) is 0 Å². The van der Waals surface area contributed by atoms with Crippen LogP contribution in [0.25, 0.3) is 0 Å². The Labute approximate surface area is 174 Å². The van der Waals surface area contributed by atoms with Crippen molar-refractivity contribution in [2.45, 2.75) is 39.8 Å². The number of rotatable bonds is 9. The first-order valence-corrected chi connectivity index (χ1v) is 10.3. The Kier molecular flexibility index (Phi) is 8.21. The summed E-state index contributed by atoms with van der Waals surface area (Å²) in [6, 6.07) is 9.47. The molecule has 2 N–H and O–H groups in total. The number of hydrogen-bond donors (Lipinski definition) is 2. The van der Waals surface area contributed by atoms with Crippen molar-refractivity contribution in [1.82, 2.24) is 5.32 Å². The van der Waals surface area contributed by atoms with Crippen LogP contribution in [0.3, 0.4) is 0 Å². The van der Waals surface area contributed by atoms with Crippen molar-refractivity contribution in [3.63, 3.8) is 0 Å². The zero-order valence-electron chi connectivity index (χ0n) is 16.9. The maximum Gasteiger partial charge on any atom is 0.329 e. The van der Waals surface area contributed by atoms with E-state index in [0.717, 1.165) is 0 Å². The number of carbonyl (C=O) groups is 3. The van der Waals surface area contributed by atoms with Crippen molar-refractivity contribution < 1.29 is 23.9 Å². The molecular weight excluding hydrogens is 392 g/mol. The van der Waals surface area contributed by atoms with Gasteiger partial charge >= 0.3 is 5.97 Å². The molecule has 0 bridgehead atoms. The minimum absolute atomic E-state index is 0.201. The number of amides is 2. The predicted octanol–water partition coefficient (Wildman–Crippen LogP) is 3.47. The van der Waals surface area contributed by atoms with E-state index in [2.05, 4.69) is 10.6 Å². The van der Waals surface area contributed by atoms with E-state index in [-0.39, 0.29) is 11.8 Å². The smallest absolute Gasteiger partial charge is 0.329 e. The van der Waals surface area contributed by atoms with Gasteiger partial charge in [0, 0.05) is 5.69 Å². The molecule has 1 heterocycles. The molecule has 0 saturated heterocycles. The van der Waals surface area contributed by atoms with Crippen molar-refractivity contribution in [2.24, 2.45) is 5.92 Å². The number of esters is 1. The molecule has 2 rings (SSSR count). The minimum atomic E-state index is -1.02. The monoisotopic (exact) mass is 418 g/mol. The summed E-state index contributed by atoms with van der Waals surface area (Å²) in [6.45, 7) is 7.52. The molecule has 1 aromatic carbocycles. The lowest BCUT2D eigenvalue weighted by atomic mass is 10.0. The Morgan fingerprint density at radius 2 is 1.76 bits per heavy atom. The summed E-state index contributed by atoms with van der Waals surface area (Å²) in [5, 5.41) is 7.16. The molecule has 0 radical (unpaired) electrons. The van der Waals surface area contributed by atoms with Crippen molar-refractivity contribution in [3.05, 3.63) is 46.7 Å². The van der Waals surface area contributed by atoms with Crippen LogP contribution in [0, 0.1) is 5.92 Å². The highest BCUT2D eigenvalue weighted by atomic mass is 32.1. The van der Waals surface area contributed by atoms with Gasteiger partial charge in [-0.2, -0.15) is 0 Å². The summed E-state index contributed by atoms with van der Waals surface area (Å²) >= 11 is 1.28. The lowest BCUT2D eigenvalue weighted by molar-refractivity contribution is -0.156. The SMILES string of the molecule is CCOc1ccc(NC(=O)[C@@H](C)OC(=O)[C@@H](NC(=O)c2cccs2)C(C)C)cc1. The summed E-state index contributed by atoms with van der Waals surface area (Å²) in [6.07, 6.45) is -1.02. The molecule has 2 amide bonds. The molecule has 8 heteroatoms. The lowest BCUT2D eigenvalue weighted by Crippen LogP contribution is -2.47. The van der Waals surface area contributed by atoms with Crippen LogP contribution < -0.4 is 15.4 Å². The number of benzene rings is 1. The maximum atomic E-state index is 12.5. The average molecular weight is 419 g/mol. The first kappa shape index (κ1) is 22.4. The van der Waals surface area contributed by atoms with Gasteiger partial charge in [0.25, 0.3) is 11.8 Å². The zero-order valence-corrected chi connectivity index (χ0v) is 17.7. The van der Waals surface area contributed by atoms with E-state index >= 15 is 0 Å². The van der Waals surface area contributed by atoms with Gasteiger partial charge in [-0.15, -0.1) is 11.3 Å². The number of hydrogen-bond acceptors (Lipinski definition) is 6. The van der Waals surface area contributed by atoms with Crippen molar-refractivity contribution in [2.75, 3.05) is 11.9 Å². The lowest BCUT2D eigenvalue weighted by Gasteiger charge is -2.22. The number of ether oxygens (including phenoxy) is 2. The number of anilines is 1. The van der Waals surface area contributed by atoms with Crippen LogP contribution in [0.4, 0.5) is 5.69 Å². The van der Waals surface area contributed by atoms with Gasteiger partial charge in [-0.05, 0) is 55.5 Å². The highest BCUT2D eigenvalue weighted by Gasteiger charge is 2.29. The molecule has 0 unspecified atom stereocenters. The second-order valence-corrected chi connectivity index (χ2v) is 7.65. The third kappa shape index (κ3) is 6.60. The zero-order chi connectivity index (χ0) is 21.4. The molecule has 7 nitrogen and oxygen atoms in total. The van der Waals surface area contributed by atoms with Crippen LogP contribution in [0.1, 0.15) is 37.4 Å². The van der Waals surface area contributed by atoms with Gasteiger partial charge in [-0.1, -0.05) is 19.9 Å². The molecule has 0 spiro atoms. The average Bonchev–Trinajstić information content (AvgIpc) is 3.22. The topological polar surface area (TPSA) is 93.7 Å². The largest absolute Gasteiger partial charge is 0.494 e. The van der Waals surface area contributed by atoms with Gasteiger partial charge in [-0.25, -0.2) is 4.79 Å². The van der Waals surface area contributed by atoms with E-state index in [1.807, 2.05) is 6.92 Å². The molecule has 2 aromatic rings. The summed E-state index contributed by atoms with van der Waals surface area (Å²) in [5.41, 5.74) is 0.563. The second kappa shape index (κ2) is 10.6. The van der Waals surface area contributed by atoms with E-state index in [1.165, 1.54) is 18.3 Å². The van der Waals surface area contributed by atoms with E-state index in [1.54, 1.807) is 55.6 Å². The Hall–Kier alpha value is -2.87. The van der Waals surface area contributed by atoms with Crippen molar-refractivity contribution in [1.29, 1.82) is 0 Å². The highest BCUT2D eigenvalue weighted by Crippen LogP contribution is 2.16. The Morgan fingerprint density at radius 3 is 2.31 bits per heavy atom. The van der Waals surface area contributed by atoms with Gasteiger partial charge < -0.3 is 20.1 Å². The molecule has 2 atom stereocenters. The van der Waals surface area contributed by atoms with Crippen LogP contribution in [-0.2, 0) is 14.3 Å². The summed E-state index contributed by atoms with van der Waals surface area (Å²) in [7, 11) is 0. The van der Waals surface area contributed by atoms with Crippen LogP contribution in [0.5, 0.6) is 5.75 Å². The molecule has 156 valence electrons. The first-order chi connectivity index (χ1) is 13.8. The van der Waals surface area contributed by atoms with Gasteiger partial charge in [0.15, 0.2) is 6.10 Å². The van der Waals surface area contributed by atoms with Crippen molar-refractivity contribution in [3.8, 4) is 5.75 Å². The predicted molar refractivity (Wildman–Crippen MR) is 112 cm³/mol. The van der Waals surface area contributed by atoms with Crippen LogP contribution in [0.2, 0.25) is 0 Å². The third-order valence-corrected chi connectivity index (χ3v) is 4.92. The Morgan fingerprint density at radius 1 is 1.07 bits per heavy atom. The van der Waals surface area contributed by atoms with Crippen LogP contribution in [0.15, 0.2) is 41.8 Å². The molecular formula is C21H26N2O5S. The number of nitrogens with one attached hydrogen (secondary N) is 2. The van der Waals surface area contributed by atoms with E-state index in [9.17, 15) is 14.4 Å². The summed E-state index contributed by atoms with van der Waals surface area (Å²) in [5.74, 6) is -0.963.